The third-order valence-electron chi connectivity index (χ3n) is 3.21. The number of carboxylic acid groups (broad SMARTS) is 1. The molecule has 0 bridgehead atoms. The van der Waals surface area contributed by atoms with Crippen LogP contribution in [0, 0.1) is 5.82 Å². The van der Waals surface area contributed by atoms with Crippen LogP contribution in [-0.2, 0) is 6.42 Å². The van der Waals surface area contributed by atoms with E-state index in [0.29, 0.717) is 22.0 Å². The first kappa shape index (κ1) is 11.4. The summed E-state index contributed by atoms with van der Waals surface area (Å²) in [5, 5.41) is 9.16. The van der Waals surface area contributed by atoms with E-state index < -0.39 is 11.8 Å². The van der Waals surface area contributed by atoms with Crippen LogP contribution in [0.25, 0.3) is 11.1 Å². The summed E-state index contributed by atoms with van der Waals surface area (Å²) in [4.78, 5) is 11.2. The van der Waals surface area contributed by atoms with E-state index in [9.17, 15) is 9.18 Å². The maximum Gasteiger partial charge on any atom is 0.336 e. The van der Waals surface area contributed by atoms with Crippen LogP contribution in [0.1, 0.15) is 21.5 Å². The molecule has 90 valence electrons. The van der Waals surface area contributed by atoms with E-state index in [0.717, 1.165) is 17.2 Å². The number of benzene rings is 2. The molecular formula is C14H8BrFO2. The minimum absolute atomic E-state index is 0.0434. The van der Waals surface area contributed by atoms with Crippen LogP contribution in [-0.4, -0.2) is 11.1 Å². The van der Waals surface area contributed by atoms with Gasteiger partial charge in [0.15, 0.2) is 0 Å². The van der Waals surface area contributed by atoms with Crippen molar-refractivity contribution in [1.29, 1.82) is 0 Å². The van der Waals surface area contributed by atoms with E-state index in [-0.39, 0.29) is 5.56 Å². The fourth-order valence-corrected chi connectivity index (χ4v) is 3.00. The lowest BCUT2D eigenvalue weighted by atomic mass is 10.0. The van der Waals surface area contributed by atoms with Gasteiger partial charge in [-0.05, 0) is 45.1 Å². The Morgan fingerprint density at radius 1 is 1.33 bits per heavy atom. The zero-order valence-electron chi connectivity index (χ0n) is 9.21. The van der Waals surface area contributed by atoms with Gasteiger partial charge >= 0.3 is 5.97 Å². The second-order valence-corrected chi connectivity index (χ2v) is 5.01. The molecule has 0 amide bonds. The number of hydrogen-bond acceptors (Lipinski definition) is 1. The molecule has 0 saturated heterocycles. The average molecular weight is 307 g/mol. The summed E-state index contributed by atoms with van der Waals surface area (Å²) in [6.07, 6.45) is 0.534. The maximum atomic E-state index is 13.8. The number of hydrogen-bond donors (Lipinski definition) is 1. The van der Waals surface area contributed by atoms with Gasteiger partial charge in [0.1, 0.15) is 5.82 Å². The number of rotatable bonds is 1. The molecule has 1 aliphatic rings. The van der Waals surface area contributed by atoms with Gasteiger partial charge < -0.3 is 5.11 Å². The summed E-state index contributed by atoms with van der Waals surface area (Å²) in [6.45, 7) is 0. The molecule has 0 fully saturated rings. The summed E-state index contributed by atoms with van der Waals surface area (Å²) in [5.74, 6) is -1.63. The Labute approximate surface area is 111 Å². The Hall–Kier alpha value is -1.68. The Kier molecular flexibility index (Phi) is 2.48. The van der Waals surface area contributed by atoms with Crippen LogP contribution in [0.4, 0.5) is 4.39 Å². The summed E-state index contributed by atoms with van der Waals surface area (Å²) >= 11 is 3.22. The van der Waals surface area contributed by atoms with Gasteiger partial charge in [-0.1, -0.05) is 24.3 Å². The molecule has 3 rings (SSSR count). The molecule has 2 nitrogen and oxygen atoms in total. The molecule has 1 N–H and O–H groups in total. The van der Waals surface area contributed by atoms with E-state index in [4.69, 9.17) is 5.11 Å². The summed E-state index contributed by atoms with van der Waals surface area (Å²) in [7, 11) is 0. The molecule has 1 aliphatic carbocycles. The van der Waals surface area contributed by atoms with Gasteiger partial charge in [-0.15, -0.1) is 0 Å². The third kappa shape index (κ3) is 1.49. The second kappa shape index (κ2) is 3.92. The molecule has 0 unspecified atom stereocenters. The van der Waals surface area contributed by atoms with Crippen molar-refractivity contribution in [3.8, 4) is 11.1 Å². The van der Waals surface area contributed by atoms with Crippen LogP contribution >= 0.6 is 15.9 Å². The highest BCUT2D eigenvalue weighted by Gasteiger charge is 2.27. The van der Waals surface area contributed by atoms with Crippen LogP contribution < -0.4 is 0 Å². The van der Waals surface area contributed by atoms with Crippen molar-refractivity contribution in [3.05, 3.63) is 57.3 Å². The molecule has 0 heterocycles. The standard InChI is InChI=1S/C14H8BrFO2/c15-13-11(16)6-10(14(17)18)9-5-7-3-1-2-4-8(7)12(9)13/h1-4,6H,5H2,(H,17,18). The van der Waals surface area contributed by atoms with Crippen molar-refractivity contribution in [2.45, 2.75) is 6.42 Å². The van der Waals surface area contributed by atoms with E-state index in [1.54, 1.807) is 0 Å². The zero-order chi connectivity index (χ0) is 12.9. The lowest BCUT2D eigenvalue weighted by molar-refractivity contribution is 0.0695. The molecule has 2 aromatic rings. The Morgan fingerprint density at radius 3 is 2.78 bits per heavy atom. The van der Waals surface area contributed by atoms with E-state index >= 15 is 0 Å². The highest BCUT2D eigenvalue weighted by Crippen LogP contribution is 2.43. The SMILES string of the molecule is O=C(O)c1cc(F)c(Br)c2c1Cc1ccccc1-2. The minimum Gasteiger partial charge on any atom is -0.478 e. The summed E-state index contributed by atoms with van der Waals surface area (Å²) in [5.41, 5.74) is 3.32. The van der Waals surface area contributed by atoms with Crippen molar-refractivity contribution in [3.63, 3.8) is 0 Å². The first-order valence-corrected chi connectivity index (χ1v) is 6.21. The predicted octanol–water partition coefficient (Wildman–Crippen LogP) is 3.86. The van der Waals surface area contributed by atoms with Crippen molar-refractivity contribution < 1.29 is 14.3 Å². The summed E-state index contributed by atoms with van der Waals surface area (Å²) < 4.78 is 14.1. The summed E-state index contributed by atoms with van der Waals surface area (Å²) in [6, 6.07) is 8.67. The number of halogens is 2. The Balaban J connectivity index is 2.38. The predicted molar refractivity (Wildman–Crippen MR) is 69.3 cm³/mol. The number of fused-ring (bicyclic) bond motifs is 3. The van der Waals surface area contributed by atoms with Crippen LogP contribution in [0.3, 0.4) is 0 Å². The Morgan fingerprint density at radius 2 is 2.06 bits per heavy atom. The first-order chi connectivity index (χ1) is 8.59. The molecule has 0 radical (unpaired) electrons. The lowest BCUT2D eigenvalue weighted by Crippen LogP contribution is -2.03. The van der Waals surface area contributed by atoms with Gasteiger partial charge in [0.2, 0.25) is 0 Å². The fourth-order valence-electron chi connectivity index (χ4n) is 2.43. The monoisotopic (exact) mass is 306 g/mol. The van der Waals surface area contributed by atoms with E-state index in [2.05, 4.69) is 15.9 Å². The van der Waals surface area contributed by atoms with Crippen molar-refractivity contribution >= 4 is 21.9 Å². The van der Waals surface area contributed by atoms with Gasteiger partial charge in [0, 0.05) is 5.56 Å². The van der Waals surface area contributed by atoms with Crippen molar-refractivity contribution in [2.75, 3.05) is 0 Å². The van der Waals surface area contributed by atoms with E-state index in [1.807, 2.05) is 24.3 Å². The molecule has 0 aliphatic heterocycles. The smallest absolute Gasteiger partial charge is 0.336 e. The molecule has 0 atom stereocenters. The maximum absolute atomic E-state index is 13.8. The molecule has 0 saturated carbocycles. The largest absolute Gasteiger partial charge is 0.478 e. The quantitative estimate of drug-likeness (QED) is 0.741. The van der Waals surface area contributed by atoms with Crippen LogP contribution in [0.5, 0.6) is 0 Å². The second-order valence-electron chi connectivity index (χ2n) is 4.21. The van der Waals surface area contributed by atoms with Crippen LogP contribution in [0.2, 0.25) is 0 Å². The zero-order valence-corrected chi connectivity index (χ0v) is 10.8. The topological polar surface area (TPSA) is 37.3 Å². The Bertz CT molecular complexity index is 680. The normalized spacial score (nSPS) is 12.1. The molecule has 18 heavy (non-hydrogen) atoms. The fraction of sp³-hybridized carbons (Fsp3) is 0.0714. The number of aromatic carboxylic acids is 1. The average Bonchev–Trinajstić information content (AvgIpc) is 2.72. The highest BCUT2D eigenvalue weighted by atomic mass is 79.9. The lowest BCUT2D eigenvalue weighted by Gasteiger charge is -2.08. The number of carboxylic acids is 1. The van der Waals surface area contributed by atoms with Gasteiger partial charge in [0.05, 0.1) is 10.0 Å². The minimum atomic E-state index is -1.09. The van der Waals surface area contributed by atoms with Gasteiger partial charge in [-0.3, -0.25) is 0 Å². The first-order valence-electron chi connectivity index (χ1n) is 5.42. The molecule has 4 heteroatoms. The molecule has 0 spiro atoms. The van der Waals surface area contributed by atoms with Crippen molar-refractivity contribution in [2.24, 2.45) is 0 Å². The van der Waals surface area contributed by atoms with Gasteiger partial charge in [-0.2, -0.15) is 0 Å². The van der Waals surface area contributed by atoms with Crippen LogP contribution in [0.15, 0.2) is 34.8 Å². The number of carbonyl (C=O) groups is 1. The van der Waals surface area contributed by atoms with Gasteiger partial charge in [-0.25, -0.2) is 9.18 Å². The van der Waals surface area contributed by atoms with E-state index in [1.165, 1.54) is 0 Å². The molecule has 2 aromatic carbocycles. The van der Waals surface area contributed by atoms with Crippen molar-refractivity contribution in [1.82, 2.24) is 0 Å². The molecule has 0 aromatic heterocycles. The highest BCUT2D eigenvalue weighted by molar-refractivity contribution is 9.10. The molecular weight excluding hydrogens is 299 g/mol. The third-order valence-corrected chi connectivity index (χ3v) is 3.99. The van der Waals surface area contributed by atoms with Gasteiger partial charge in [0.25, 0.3) is 0 Å².